The Morgan fingerprint density at radius 3 is 2.41 bits per heavy atom. The van der Waals surface area contributed by atoms with E-state index in [1.54, 1.807) is 18.2 Å². The summed E-state index contributed by atoms with van der Waals surface area (Å²) >= 11 is 6.09. The van der Waals surface area contributed by atoms with E-state index in [2.05, 4.69) is 20.6 Å². The molecule has 0 aliphatic carbocycles. The summed E-state index contributed by atoms with van der Waals surface area (Å²) in [5, 5.41) is 6.17. The van der Waals surface area contributed by atoms with Crippen LogP contribution in [-0.4, -0.2) is 24.2 Å². The van der Waals surface area contributed by atoms with Crippen molar-refractivity contribution in [2.24, 2.45) is 0 Å². The summed E-state index contributed by atoms with van der Waals surface area (Å²) < 4.78 is 37.3. The van der Waals surface area contributed by atoms with Crippen molar-refractivity contribution >= 4 is 34.7 Å². The second-order valence-electron chi connectivity index (χ2n) is 5.33. The minimum absolute atomic E-state index is 0.0549. The van der Waals surface area contributed by atoms with Crippen LogP contribution in [0.2, 0.25) is 5.02 Å². The van der Waals surface area contributed by atoms with Gasteiger partial charge in [-0.3, -0.25) is 0 Å². The molecule has 6 nitrogen and oxygen atoms in total. The molecular weight excluding hydrogens is 378 g/mol. The van der Waals surface area contributed by atoms with Gasteiger partial charge in [-0.1, -0.05) is 11.6 Å². The van der Waals surface area contributed by atoms with E-state index in [-0.39, 0.29) is 11.6 Å². The predicted molar refractivity (Wildman–Crippen MR) is 99.5 cm³/mol. The van der Waals surface area contributed by atoms with Crippen LogP contribution in [0.15, 0.2) is 42.6 Å². The molecule has 2 aromatic carbocycles. The Morgan fingerprint density at radius 2 is 1.70 bits per heavy atom. The van der Waals surface area contributed by atoms with Crippen molar-refractivity contribution in [2.75, 3.05) is 24.9 Å². The minimum atomic E-state index is -0.749. The van der Waals surface area contributed by atoms with Gasteiger partial charge in [-0.2, -0.15) is 4.98 Å². The summed E-state index contributed by atoms with van der Waals surface area (Å²) in [5.74, 6) is 0.0709. The summed E-state index contributed by atoms with van der Waals surface area (Å²) in [6.45, 7) is 0. The highest BCUT2D eigenvalue weighted by Crippen LogP contribution is 2.37. The van der Waals surface area contributed by atoms with Gasteiger partial charge in [-0.25, -0.2) is 13.8 Å². The van der Waals surface area contributed by atoms with Crippen molar-refractivity contribution < 1.29 is 18.3 Å². The van der Waals surface area contributed by atoms with Crippen molar-refractivity contribution in [1.82, 2.24) is 9.97 Å². The SMILES string of the molecule is COc1cc(Nc2ccnc(Nc3ccc(F)cc3F)n2)c(OC)cc1Cl. The average Bonchev–Trinajstić information content (AvgIpc) is 2.65. The largest absolute Gasteiger partial charge is 0.495 e. The molecule has 3 rings (SSSR count). The second kappa shape index (κ2) is 8.05. The zero-order chi connectivity index (χ0) is 19.4. The molecule has 0 aliphatic heterocycles. The lowest BCUT2D eigenvalue weighted by atomic mass is 10.2. The molecule has 0 fully saturated rings. The van der Waals surface area contributed by atoms with E-state index < -0.39 is 11.6 Å². The van der Waals surface area contributed by atoms with Gasteiger partial charge in [0, 0.05) is 24.4 Å². The molecule has 0 amide bonds. The topological polar surface area (TPSA) is 68.3 Å². The Labute approximate surface area is 159 Å². The van der Waals surface area contributed by atoms with E-state index in [1.165, 1.54) is 26.5 Å². The van der Waals surface area contributed by atoms with Crippen LogP contribution in [-0.2, 0) is 0 Å². The van der Waals surface area contributed by atoms with Gasteiger partial charge in [0.1, 0.15) is 29.0 Å². The molecule has 1 aromatic heterocycles. The number of anilines is 4. The van der Waals surface area contributed by atoms with Crippen LogP contribution < -0.4 is 20.1 Å². The molecule has 0 atom stereocenters. The Hall–Kier alpha value is -3.13. The fraction of sp³-hybridized carbons (Fsp3) is 0.111. The molecule has 0 saturated heterocycles. The Balaban J connectivity index is 1.86. The number of methoxy groups -OCH3 is 2. The van der Waals surface area contributed by atoms with Crippen LogP contribution in [0.4, 0.5) is 31.9 Å². The van der Waals surface area contributed by atoms with Crippen molar-refractivity contribution in [3.05, 3.63) is 59.3 Å². The molecule has 0 bridgehead atoms. The molecule has 0 aliphatic rings. The van der Waals surface area contributed by atoms with Crippen molar-refractivity contribution in [2.45, 2.75) is 0 Å². The van der Waals surface area contributed by atoms with E-state index in [1.807, 2.05) is 0 Å². The average molecular weight is 393 g/mol. The molecule has 0 radical (unpaired) electrons. The zero-order valence-electron chi connectivity index (χ0n) is 14.4. The van der Waals surface area contributed by atoms with E-state index >= 15 is 0 Å². The Morgan fingerprint density at radius 1 is 0.926 bits per heavy atom. The van der Waals surface area contributed by atoms with Crippen LogP contribution in [0.5, 0.6) is 11.5 Å². The van der Waals surface area contributed by atoms with Crippen LogP contribution >= 0.6 is 11.6 Å². The number of rotatable bonds is 6. The highest BCUT2D eigenvalue weighted by atomic mass is 35.5. The standard InChI is InChI=1S/C18H15ClF2N4O2/c1-26-15-9-14(16(27-2)8-11(15)19)23-17-5-6-22-18(25-17)24-13-4-3-10(20)7-12(13)21/h3-9H,1-2H3,(H2,22,23,24,25). The summed E-state index contributed by atoms with van der Waals surface area (Å²) in [4.78, 5) is 8.29. The number of ether oxygens (including phenoxy) is 2. The third-order valence-corrected chi connectivity index (χ3v) is 3.87. The van der Waals surface area contributed by atoms with Gasteiger partial charge in [0.05, 0.1) is 30.6 Å². The lowest BCUT2D eigenvalue weighted by molar-refractivity contribution is 0.405. The van der Waals surface area contributed by atoms with E-state index in [0.717, 1.165) is 12.1 Å². The molecule has 0 spiro atoms. The maximum Gasteiger partial charge on any atom is 0.229 e. The first-order valence-electron chi connectivity index (χ1n) is 7.74. The second-order valence-corrected chi connectivity index (χ2v) is 5.73. The first-order valence-corrected chi connectivity index (χ1v) is 8.11. The van der Waals surface area contributed by atoms with Crippen molar-refractivity contribution in [3.8, 4) is 11.5 Å². The third kappa shape index (κ3) is 4.35. The number of hydrogen-bond donors (Lipinski definition) is 2. The molecule has 0 saturated carbocycles. The Kier molecular flexibility index (Phi) is 5.56. The van der Waals surface area contributed by atoms with Crippen LogP contribution in [0, 0.1) is 11.6 Å². The molecule has 9 heteroatoms. The van der Waals surface area contributed by atoms with Gasteiger partial charge < -0.3 is 20.1 Å². The van der Waals surface area contributed by atoms with Crippen LogP contribution in [0.25, 0.3) is 0 Å². The monoisotopic (exact) mass is 392 g/mol. The minimum Gasteiger partial charge on any atom is -0.495 e. The summed E-state index contributed by atoms with van der Waals surface area (Å²) in [6.07, 6.45) is 1.48. The van der Waals surface area contributed by atoms with Crippen molar-refractivity contribution in [1.29, 1.82) is 0 Å². The summed E-state index contributed by atoms with van der Waals surface area (Å²) in [5.41, 5.74) is 0.621. The zero-order valence-corrected chi connectivity index (χ0v) is 15.1. The highest BCUT2D eigenvalue weighted by Gasteiger charge is 2.12. The number of halogens is 3. The lowest BCUT2D eigenvalue weighted by Gasteiger charge is -2.14. The maximum atomic E-state index is 13.8. The number of benzene rings is 2. The van der Waals surface area contributed by atoms with Gasteiger partial charge in [-0.05, 0) is 18.2 Å². The molecule has 1 heterocycles. The van der Waals surface area contributed by atoms with Crippen LogP contribution in [0.3, 0.4) is 0 Å². The van der Waals surface area contributed by atoms with Crippen LogP contribution in [0.1, 0.15) is 0 Å². The number of aromatic nitrogens is 2. The summed E-state index contributed by atoms with van der Waals surface area (Å²) in [7, 11) is 3.01. The fourth-order valence-corrected chi connectivity index (χ4v) is 2.53. The number of hydrogen-bond acceptors (Lipinski definition) is 6. The normalized spacial score (nSPS) is 10.4. The van der Waals surface area contributed by atoms with Gasteiger partial charge in [-0.15, -0.1) is 0 Å². The predicted octanol–water partition coefficient (Wildman–Crippen LogP) is 4.91. The molecule has 27 heavy (non-hydrogen) atoms. The quantitative estimate of drug-likeness (QED) is 0.621. The Bertz CT molecular complexity index is 972. The maximum absolute atomic E-state index is 13.8. The van der Waals surface area contributed by atoms with Crippen molar-refractivity contribution in [3.63, 3.8) is 0 Å². The molecule has 0 unspecified atom stereocenters. The van der Waals surface area contributed by atoms with E-state index in [4.69, 9.17) is 21.1 Å². The summed E-state index contributed by atoms with van der Waals surface area (Å²) in [6, 6.07) is 8.06. The van der Waals surface area contributed by atoms with Gasteiger partial charge in [0.25, 0.3) is 0 Å². The van der Waals surface area contributed by atoms with E-state index in [0.29, 0.717) is 28.0 Å². The lowest BCUT2D eigenvalue weighted by Crippen LogP contribution is -2.03. The van der Waals surface area contributed by atoms with E-state index in [9.17, 15) is 8.78 Å². The molecular formula is C18H15ClF2N4O2. The smallest absolute Gasteiger partial charge is 0.229 e. The van der Waals surface area contributed by atoms with Gasteiger partial charge >= 0.3 is 0 Å². The molecule has 3 aromatic rings. The van der Waals surface area contributed by atoms with Gasteiger partial charge in [0.15, 0.2) is 0 Å². The van der Waals surface area contributed by atoms with Gasteiger partial charge in [0.2, 0.25) is 5.95 Å². The fourth-order valence-electron chi connectivity index (χ4n) is 2.30. The first kappa shape index (κ1) is 18.7. The first-order chi connectivity index (χ1) is 13.0. The number of nitrogens with zero attached hydrogens (tertiary/aromatic N) is 2. The highest BCUT2D eigenvalue weighted by molar-refractivity contribution is 6.32. The molecule has 140 valence electrons. The third-order valence-electron chi connectivity index (χ3n) is 3.57. The number of nitrogens with one attached hydrogen (secondary N) is 2. The molecule has 2 N–H and O–H groups in total.